The molecule has 0 aliphatic rings. The number of carbonyl (C=O) groups excluding carboxylic acids is 2. The van der Waals surface area contributed by atoms with Gasteiger partial charge in [0, 0.05) is 38.2 Å². The van der Waals surface area contributed by atoms with Gasteiger partial charge < -0.3 is 36.2 Å². The molecule has 180 valence electrons. The molecule has 0 saturated carbocycles. The number of carbonyl (C=O) groups is 2. The molecule has 2 rings (SSSR count). The predicted molar refractivity (Wildman–Crippen MR) is 118 cm³/mol. The number of amides is 2. The summed E-state index contributed by atoms with van der Waals surface area (Å²) in [6, 6.07) is 8.52. The van der Waals surface area contributed by atoms with Gasteiger partial charge in [-0.2, -0.15) is 0 Å². The highest BCUT2D eigenvalue weighted by Crippen LogP contribution is 2.26. The molecule has 0 radical (unpaired) electrons. The van der Waals surface area contributed by atoms with Gasteiger partial charge in [0.25, 0.3) is 11.8 Å². The van der Waals surface area contributed by atoms with Crippen molar-refractivity contribution in [3.05, 3.63) is 58.9 Å². The minimum atomic E-state index is -1.76. The van der Waals surface area contributed by atoms with Crippen LogP contribution in [0.1, 0.15) is 32.7 Å². The Morgan fingerprint density at radius 3 is 1.88 bits per heavy atom. The number of benzene rings is 2. The Labute approximate surface area is 190 Å². The molecule has 0 saturated heterocycles. The number of aliphatic hydroxyl groups excluding tert-OH is 5. The number of halogens is 1. The molecule has 0 spiro atoms. The van der Waals surface area contributed by atoms with E-state index in [9.17, 15) is 34.4 Å². The fourth-order valence-electron chi connectivity index (χ4n) is 3.34. The SMILES string of the molecule is CNC(=O)c1cc(C(=O)NC)cc(-c2ccc(CC(O)C(O)C(O)C(O)CCO)c(F)c2)c1. The Bertz CT molecular complexity index is 951. The van der Waals surface area contributed by atoms with Gasteiger partial charge >= 0.3 is 0 Å². The number of rotatable bonds is 10. The van der Waals surface area contributed by atoms with E-state index in [1.165, 1.54) is 50.5 Å². The van der Waals surface area contributed by atoms with E-state index in [2.05, 4.69) is 10.6 Å². The van der Waals surface area contributed by atoms with Gasteiger partial charge in [0.1, 0.15) is 18.0 Å². The summed E-state index contributed by atoms with van der Waals surface area (Å²) in [5, 5.41) is 53.5. The third-order valence-electron chi connectivity index (χ3n) is 5.29. The van der Waals surface area contributed by atoms with E-state index in [4.69, 9.17) is 5.11 Å². The van der Waals surface area contributed by atoms with Gasteiger partial charge in [-0.25, -0.2) is 4.39 Å². The van der Waals surface area contributed by atoms with Crippen molar-refractivity contribution in [1.82, 2.24) is 10.6 Å². The zero-order valence-electron chi connectivity index (χ0n) is 18.3. The molecule has 2 aromatic carbocycles. The second kappa shape index (κ2) is 11.8. The van der Waals surface area contributed by atoms with Gasteiger partial charge in [-0.15, -0.1) is 0 Å². The fraction of sp³-hybridized carbons (Fsp3) is 0.391. The van der Waals surface area contributed by atoms with E-state index in [0.717, 1.165) is 0 Å². The van der Waals surface area contributed by atoms with Crippen molar-refractivity contribution in [3.63, 3.8) is 0 Å². The molecule has 2 amide bonds. The van der Waals surface area contributed by atoms with Crippen LogP contribution in [0.2, 0.25) is 0 Å². The molecular weight excluding hydrogens is 435 g/mol. The van der Waals surface area contributed by atoms with Crippen LogP contribution >= 0.6 is 0 Å². The maximum atomic E-state index is 14.8. The smallest absolute Gasteiger partial charge is 0.251 e. The van der Waals surface area contributed by atoms with Gasteiger partial charge in [-0.1, -0.05) is 12.1 Å². The molecule has 0 heterocycles. The monoisotopic (exact) mass is 464 g/mol. The lowest BCUT2D eigenvalue weighted by molar-refractivity contribution is -0.108. The molecule has 2 aromatic rings. The van der Waals surface area contributed by atoms with Crippen LogP contribution in [0.15, 0.2) is 36.4 Å². The second-order valence-corrected chi connectivity index (χ2v) is 7.60. The van der Waals surface area contributed by atoms with Crippen molar-refractivity contribution in [2.75, 3.05) is 20.7 Å². The van der Waals surface area contributed by atoms with Crippen LogP contribution in [-0.2, 0) is 6.42 Å². The van der Waals surface area contributed by atoms with Crippen molar-refractivity contribution < 1.29 is 39.5 Å². The Kier molecular flexibility index (Phi) is 9.44. The van der Waals surface area contributed by atoms with Gasteiger partial charge in [0.15, 0.2) is 0 Å². The number of hydrogen-bond donors (Lipinski definition) is 7. The summed E-state index contributed by atoms with van der Waals surface area (Å²) in [5.41, 5.74) is 1.27. The second-order valence-electron chi connectivity index (χ2n) is 7.60. The fourth-order valence-corrected chi connectivity index (χ4v) is 3.34. The molecule has 0 aliphatic heterocycles. The average Bonchev–Trinajstić information content (AvgIpc) is 2.82. The lowest BCUT2D eigenvalue weighted by atomic mass is 9.94. The van der Waals surface area contributed by atoms with Crippen LogP contribution in [0.25, 0.3) is 11.1 Å². The summed E-state index contributed by atoms with van der Waals surface area (Å²) in [6.07, 6.45) is -7.05. The quantitative estimate of drug-likeness (QED) is 0.251. The largest absolute Gasteiger partial charge is 0.396 e. The molecular formula is C23H29FN2O7. The van der Waals surface area contributed by atoms with Crippen LogP contribution in [0, 0.1) is 5.82 Å². The maximum Gasteiger partial charge on any atom is 0.251 e. The van der Waals surface area contributed by atoms with E-state index >= 15 is 0 Å². The van der Waals surface area contributed by atoms with Gasteiger partial charge in [0.05, 0.1) is 12.2 Å². The van der Waals surface area contributed by atoms with Crippen molar-refractivity contribution in [2.45, 2.75) is 37.3 Å². The molecule has 4 unspecified atom stereocenters. The Balaban J connectivity index is 2.30. The first kappa shape index (κ1) is 26.4. The summed E-state index contributed by atoms with van der Waals surface area (Å²) >= 11 is 0. The molecule has 0 aliphatic carbocycles. The molecule has 0 fully saturated rings. The highest BCUT2D eigenvalue weighted by molar-refractivity contribution is 6.01. The number of aliphatic hydroxyl groups is 5. The zero-order chi connectivity index (χ0) is 24.7. The third-order valence-corrected chi connectivity index (χ3v) is 5.29. The summed E-state index contributed by atoms with van der Waals surface area (Å²) in [5.74, 6) is -1.55. The summed E-state index contributed by atoms with van der Waals surface area (Å²) < 4.78 is 14.8. The lowest BCUT2D eigenvalue weighted by Crippen LogP contribution is -2.45. The lowest BCUT2D eigenvalue weighted by Gasteiger charge is -2.26. The summed E-state index contributed by atoms with van der Waals surface area (Å²) in [4.78, 5) is 24.2. The molecule has 9 nitrogen and oxygen atoms in total. The summed E-state index contributed by atoms with van der Waals surface area (Å²) in [7, 11) is 2.89. The van der Waals surface area contributed by atoms with Crippen LogP contribution in [0.3, 0.4) is 0 Å². The Hall–Kier alpha value is -2.89. The molecule has 0 bridgehead atoms. The zero-order valence-corrected chi connectivity index (χ0v) is 18.3. The minimum Gasteiger partial charge on any atom is -0.396 e. The first-order chi connectivity index (χ1) is 15.6. The van der Waals surface area contributed by atoms with Crippen LogP contribution < -0.4 is 10.6 Å². The Morgan fingerprint density at radius 2 is 1.39 bits per heavy atom. The van der Waals surface area contributed by atoms with E-state index in [1.807, 2.05) is 0 Å². The van der Waals surface area contributed by atoms with Crippen LogP contribution in [0.5, 0.6) is 0 Å². The maximum absolute atomic E-state index is 14.8. The van der Waals surface area contributed by atoms with Crippen LogP contribution in [-0.4, -0.2) is 82.5 Å². The van der Waals surface area contributed by atoms with Crippen LogP contribution in [0.4, 0.5) is 4.39 Å². The first-order valence-corrected chi connectivity index (χ1v) is 10.3. The highest BCUT2D eigenvalue weighted by atomic mass is 19.1. The van der Waals surface area contributed by atoms with Gasteiger partial charge in [-0.05, 0) is 47.4 Å². The van der Waals surface area contributed by atoms with E-state index in [-0.39, 0.29) is 29.5 Å². The molecule has 4 atom stereocenters. The molecule has 33 heavy (non-hydrogen) atoms. The van der Waals surface area contributed by atoms with Crippen molar-refractivity contribution >= 4 is 11.8 Å². The first-order valence-electron chi connectivity index (χ1n) is 10.3. The topological polar surface area (TPSA) is 159 Å². The standard InChI is InChI=1S/C23H29FN2O7/c1-25-22(32)15-7-14(8-16(9-15)23(33)26-2)12-3-4-13(17(24)10-12)11-19(29)21(31)20(30)18(28)5-6-27/h3-4,7-10,18-21,27-31H,5-6,11H2,1-2H3,(H,25,32)(H,26,33). The number of nitrogens with one attached hydrogen (secondary N) is 2. The van der Waals surface area contributed by atoms with Crippen molar-refractivity contribution in [2.24, 2.45) is 0 Å². The van der Waals surface area contributed by atoms with Crippen molar-refractivity contribution in [3.8, 4) is 11.1 Å². The molecule has 10 heteroatoms. The Morgan fingerprint density at radius 1 is 0.848 bits per heavy atom. The van der Waals surface area contributed by atoms with E-state index in [1.54, 1.807) is 0 Å². The summed E-state index contributed by atoms with van der Waals surface area (Å²) in [6.45, 7) is -0.417. The van der Waals surface area contributed by atoms with Gasteiger partial charge in [0.2, 0.25) is 0 Å². The third kappa shape index (κ3) is 6.56. The van der Waals surface area contributed by atoms with E-state index < -0.39 is 48.7 Å². The van der Waals surface area contributed by atoms with Crippen molar-refractivity contribution in [1.29, 1.82) is 0 Å². The normalized spacial score (nSPS) is 14.8. The predicted octanol–water partition coefficient (Wildman–Crippen LogP) is -0.420. The number of hydrogen-bond acceptors (Lipinski definition) is 7. The van der Waals surface area contributed by atoms with E-state index in [0.29, 0.717) is 11.1 Å². The molecule has 7 N–H and O–H groups in total. The average molecular weight is 464 g/mol. The van der Waals surface area contributed by atoms with Gasteiger partial charge in [-0.3, -0.25) is 9.59 Å². The minimum absolute atomic E-state index is 0.0446. The highest BCUT2D eigenvalue weighted by Gasteiger charge is 2.30. The molecule has 0 aromatic heterocycles.